The van der Waals surface area contributed by atoms with E-state index >= 15 is 0 Å². The fraction of sp³-hybridized carbons (Fsp3) is 0.300. The van der Waals surface area contributed by atoms with Crippen LogP contribution < -0.4 is 9.64 Å². The van der Waals surface area contributed by atoms with E-state index in [0.717, 1.165) is 84.6 Å². The number of para-hydroxylation sites is 1. The highest BCUT2D eigenvalue weighted by Crippen LogP contribution is 2.36. The molecule has 1 saturated heterocycles. The number of H-pyrrole nitrogens is 1. The predicted octanol–water partition coefficient (Wildman–Crippen LogP) is 4.68. The molecular formula is C30H31N7O. The smallest absolute Gasteiger partial charge is 0.147 e. The molecule has 0 bridgehead atoms. The number of benzene rings is 2. The van der Waals surface area contributed by atoms with Crippen molar-refractivity contribution in [2.45, 2.75) is 26.9 Å². The molecule has 8 nitrogen and oxygen atoms in total. The zero-order chi connectivity index (χ0) is 25.6. The Morgan fingerprint density at radius 1 is 0.947 bits per heavy atom. The highest BCUT2D eigenvalue weighted by atomic mass is 16.5. The maximum absolute atomic E-state index is 6.34. The van der Waals surface area contributed by atoms with E-state index < -0.39 is 0 Å². The summed E-state index contributed by atoms with van der Waals surface area (Å²) >= 11 is 0. The lowest BCUT2D eigenvalue weighted by Crippen LogP contribution is -2.47. The Labute approximate surface area is 221 Å². The van der Waals surface area contributed by atoms with Gasteiger partial charge in [0.05, 0.1) is 16.9 Å². The van der Waals surface area contributed by atoms with E-state index in [4.69, 9.17) is 9.72 Å². The summed E-state index contributed by atoms with van der Waals surface area (Å²) in [4.78, 5) is 14.4. The van der Waals surface area contributed by atoms with Crippen molar-refractivity contribution in [3.63, 3.8) is 0 Å². The number of hydrogen-bond acceptors (Lipinski definition) is 6. The minimum absolute atomic E-state index is 0.489. The van der Waals surface area contributed by atoms with E-state index in [9.17, 15) is 0 Å². The maximum atomic E-state index is 6.34. The molecule has 3 aromatic heterocycles. The van der Waals surface area contributed by atoms with E-state index in [1.165, 1.54) is 16.6 Å². The highest BCUT2D eigenvalue weighted by Gasteiger charge is 2.25. The summed E-state index contributed by atoms with van der Waals surface area (Å²) in [5.41, 5.74) is 9.52. The van der Waals surface area contributed by atoms with Crippen LogP contribution in [0.25, 0.3) is 28.0 Å². The van der Waals surface area contributed by atoms with Crippen LogP contribution in [0.4, 0.5) is 5.69 Å². The van der Waals surface area contributed by atoms with Gasteiger partial charge < -0.3 is 9.64 Å². The second-order valence-electron chi connectivity index (χ2n) is 10.3. The number of aromatic nitrogens is 5. The van der Waals surface area contributed by atoms with Crippen LogP contribution in [-0.4, -0.2) is 62.4 Å². The van der Waals surface area contributed by atoms with Crippen LogP contribution in [0.5, 0.6) is 5.75 Å². The molecule has 0 atom stereocenters. The van der Waals surface area contributed by atoms with Crippen LogP contribution in [-0.2, 0) is 13.0 Å². The van der Waals surface area contributed by atoms with Gasteiger partial charge in [0.1, 0.15) is 30.1 Å². The zero-order valence-corrected chi connectivity index (χ0v) is 21.8. The summed E-state index contributed by atoms with van der Waals surface area (Å²) < 4.78 is 8.49. The zero-order valence-electron chi connectivity index (χ0n) is 21.8. The average molecular weight is 506 g/mol. The SMILES string of the molecule is Cc1ccc2c(N3CCN(CCc4cccc5c4OCc4c(-c6cc(C)[nH]n6)ncn4-5)CC3)cccc2n1. The molecule has 1 N–H and O–H groups in total. The van der Waals surface area contributed by atoms with Gasteiger partial charge in [0.25, 0.3) is 0 Å². The minimum atomic E-state index is 0.489. The number of fused-ring (bicyclic) bond motifs is 4. The fourth-order valence-corrected chi connectivity index (χ4v) is 5.74. The molecule has 0 saturated carbocycles. The Kier molecular flexibility index (Phi) is 5.62. The summed E-state index contributed by atoms with van der Waals surface area (Å²) in [6.45, 7) is 9.68. The van der Waals surface area contributed by atoms with Crippen LogP contribution in [0.1, 0.15) is 22.6 Å². The Morgan fingerprint density at radius 2 is 1.79 bits per heavy atom. The van der Waals surface area contributed by atoms with Crippen LogP contribution in [0.3, 0.4) is 0 Å². The number of hydrogen-bond donors (Lipinski definition) is 1. The van der Waals surface area contributed by atoms with Crippen LogP contribution in [0.15, 0.2) is 60.9 Å². The lowest BCUT2D eigenvalue weighted by molar-refractivity contribution is 0.255. The molecule has 192 valence electrons. The topological polar surface area (TPSA) is 75.1 Å². The van der Waals surface area contributed by atoms with E-state index in [2.05, 4.69) is 78.1 Å². The molecular weight excluding hydrogens is 474 g/mol. The van der Waals surface area contributed by atoms with Gasteiger partial charge in [-0.1, -0.05) is 18.2 Å². The highest BCUT2D eigenvalue weighted by molar-refractivity contribution is 5.92. The molecule has 0 spiro atoms. The van der Waals surface area contributed by atoms with Crippen LogP contribution >= 0.6 is 0 Å². The van der Waals surface area contributed by atoms with Gasteiger partial charge in [-0.05, 0) is 62.2 Å². The first-order chi connectivity index (χ1) is 18.6. The monoisotopic (exact) mass is 505 g/mol. The molecule has 0 unspecified atom stereocenters. The van der Waals surface area contributed by atoms with Crippen molar-refractivity contribution in [3.05, 3.63) is 83.6 Å². The number of imidazole rings is 1. The molecule has 0 amide bonds. The van der Waals surface area contributed by atoms with Gasteiger partial charge in [-0.25, -0.2) is 4.98 Å². The molecule has 2 aromatic carbocycles. The molecule has 7 rings (SSSR count). The van der Waals surface area contributed by atoms with Gasteiger partial charge in [0, 0.05) is 55.2 Å². The number of rotatable bonds is 5. The molecule has 2 aliphatic heterocycles. The summed E-state index contributed by atoms with van der Waals surface area (Å²) in [5.74, 6) is 0.972. The first kappa shape index (κ1) is 23.0. The molecule has 8 heteroatoms. The van der Waals surface area contributed by atoms with Crippen molar-refractivity contribution in [2.24, 2.45) is 0 Å². The lowest BCUT2D eigenvalue weighted by Gasteiger charge is -2.36. The number of piperazine rings is 1. The first-order valence-electron chi connectivity index (χ1n) is 13.3. The number of ether oxygens (including phenoxy) is 1. The van der Waals surface area contributed by atoms with E-state index in [0.29, 0.717) is 6.61 Å². The van der Waals surface area contributed by atoms with Crippen molar-refractivity contribution in [3.8, 4) is 22.8 Å². The molecule has 0 aliphatic carbocycles. The standard InChI is InChI=1S/C30H31N7O/c1-20-9-10-23-24(32-20)6-4-7-26(23)36-15-13-35(14-16-36)12-11-22-5-3-8-27-30(22)38-18-28-29(31-19-37(27)28)25-17-21(2)33-34-25/h3-10,17,19H,11-16,18H2,1-2H3,(H,33,34). The molecule has 38 heavy (non-hydrogen) atoms. The van der Waals surface area contributed by atoms with Crippen LogP contribution in [0, 0.1) is 13.8 Å². The summed E-state index contributed by atoms with van der Waals surface area (Å²) in [7, 11) is 0. The van der Waals surface area contributed by atoms with Crippen molar-refractivity contribution in [1.29, 1.82) is 0 Å². The maximum Gasteiger partial charge on any atom is 0.147 e. The van der Waals surface area contributed by atoms with Crippen molar-refractivity contribution in [1.82, 2.24) is 29.6 Å². The second-order valence-corrected chi connectivity index (χ2v) is 10.3. The Balaban J connectivity index is 1.04. The Hall–Kier alpha value is -4.17. The van der Waals surface area contributed by atoms with E-state index in [-0.39, 0.29) is 0 Å². The predicted molar refractivity (Wildman–Crippen MR) is 149 cm³/mol. The van der Waals surface area contributed by atoms with Crippen LogP contribution in [0.2, 0.25) is 0 Å². The summed E-state index contributed by atoms with van der Waals surface area (Å²) in [5, 5.41) is 8.65. The number of pyridine rings is 1. The normalized spacial score (nSPS) is 15.4. The molecule has 5 aromatic rings. The number of nitrogens with zero attached hydrogens (tertiary/aromatic N) is 6. The molecule has 0 radical (unpaired) electrons. The van der Waals surface area contributed by atoms with Gasteiger partial charge in [-0.15, -0.1) is 0 Å². The van der Waals surface area contributed by atoms with E-state index in [1.807, 2.05) is 26.2 Å². The minimum Gasteiger partial charge on any atom is -0.485 e. The van der Waals surface area contributed by atoms with Gasteiger partial charge in [-0.2, -0.15) is 5.10 Å². The number of anilines is 1. The second kappa shape index (κ2) is 9.29. The summed E-state index contributed by atoms with van der Waals surface area (Å²) in [6, 6.07) is 19.2. The third-order valence-electron chi connectivity index (χ3n) is 7.76. The number of aryl methyl sites for hydroxylation is 2. The van der Waals surface area contributed by atoms with Gasteiger partial charge in [-0.3, -0.25) is 19.5 Å². The third kappa shape index (κ3) is 4.01. The van der Waals surface area contributed by atoms with Crippen molar-refractivity contribution < 1.29 is 4.74 Å². The van der Waals surface area contributed by atoms with E-state index in [1.54, 1.807) is 0 Å². The van der Waals surface area contributed by atoms with Crippen molar-refractivity contribution >= 4 is 16.6 Å². The Morgan fingerprint density at radius 3 is 2.63 bits per heavy atom. The lowest BCUT2D eigenvalue weighted by atomic mass is 10.1. The number of aromatic amines is 1. The molecule has 2 aliphatic rings. The quantitative estimate of drug-likeness (QED) is 0.374. The third-order valence-corrected chi connectivity index (χ3v) is 7.76. The first-order valence-corrected chi connectivity index (χ1v) is 13.3. The summed E-state index contributed by atoms with van der Waals surface area (Å²) in [6.07, 6.45) is 2.85. The van der Waals surface area contributed by atoms with Crippen molar-refractivity contribution in [2.75, 3.05) is 37.6 Å². The largest absolute Gasteiger partial charge is 0.485 e. The molecule has 1 fully saturated rings. The van der Waals surface area contributed by atoms with Gasteiger partial charge in [0.15, 0.2) is 0 Å². The Bertz CT molecular complexity index is 1630. The van der Waals surface area contributed by atoms with Gasteiger partial charge in [0.2, 0.25) is 0 Å². The number of nitrogens with one attached hydrogen (secondary N) is 1. The average Bonchev–Trinajstić information content (AvgIpc) is 3.58. The van der Waals surface area contributed by atoms with Gasteiger partial charge >= 0.3 is 0 Å². The molecule has 5 heterocycles. The fourth-order valence-electron chi connectivity index (χ4n) is 5.74.